The molecule has 0 unspecified atom stereocenters. The maximum atomic E-state index is 2.26. The molecular weight excluding hydrogens is 175 g/mol. The Bertz CT molecular complexity index is 29.5. The van der Waals surface area contributed by atoms with E-state index < -0.39 is 0 Å². The second-order valence-electron chi connectivity index (χ2n) is 2.41. The van der Waals surface area contributed by atoms with E-state index in [0.717, 1.165) is 0 Å². The van der Waals surface area contributed by atoms with Crippen molar-refractivity contribution in [1.29, 1.82) is 0 Å². The van der Waals surface area contributed by atoms with Crippen LogP contribution in [0, 0.1) is 0 Å². The van der Waals surface area contributed by atoms with Gasteiger partial charge in [-0.2, -0.15) is 0 Å². The summed E-state index contributed by atoms with van der Waals surface area (Å²) in [6, 6.07) is 0. The van der Waals surface area contributed by atoms with Crippen LogP contribution in [0.25, 0.3) is 0 Å². The molecule has 0 aromatic heterocycles. The van der Waals surface area contributed by atoms with Gasteiger partial charge in [0.15, 0.2) is 0 Å². The van der Waals surface area contributed by atoms with Crippen LogP contribution in [0.5, 0.6) is 0 Å². The molecule has 0 aromatic carbocycles. The van der Waals surface area contributed by atoms with Crippen molar-refractivity contribution in [3.05, 3.63) is 0 Å². The summed E-state index contributed by atoms with van der Waals surface area (Å²) in [5.74, 6) is 0. The molecule has 0 radical (unpaired) electrons. The minimum atomic E-state index is 0. The zero-order chi connectivity index (χ0) is 6.24. The molecule has 0 bridgehead atoms. The molecule has 0 saturated heterocycles. The molecule has 1 heteroatoms. The number of rotatable bonds is 5. The minimum absolute atomic E-state index is 0. The summed E-state index contributed by atoms with van der Waals surface area (Å²) in [6.45, 7) is 4.51. The van der Waals surface area contributed by atoms with Gasteiger partial charge in [-0.15, -0.1) is 0 Å². The van der Waals surface area contributed by atoms with Crippen LogP contribution in [0.1, 0.15) is 52.4 Å². The van der Waals surface area contributed by atoms with Gasteiger partial charge >= 0.3 is 17.1 Å². The molecule has 0 N–H and O–H groups in total. The Balaban J connectivity index is 0. The Kier molecular flexibility index (Phi) is 15.4. The molecule has 0 heterocycles. The average Bonchev–Trinajstić information content (AvgIpc) is 1.81. The first-order valence-electron chi connectivity index (χ1n) is 3.91. The third kappa shape index (κ3) is 11.9. The van der Waals surface area contributed by atoms with Crippen LogP contribution in [-0.4, -0.2) is 17.1 Å². The SMILES string of the molecule is CCCCCCCC.[SeH2]. The normalized spacial score (nSPS) is 8.67. The third-order valence-corrected chi connectivity index (χ3v) is 1.46. The molecule has 0 saturated carbocycles. The van der Waals surface area contributed by atoms with Gasteiger partial charge in [-0.1, -0.05) is 52.4 Å². The van der Waals surface area contributed by atoms with Crippen molar-refractivity contribution in [2.75, 3.05) is 0 Å². The van der Waals surface area contributed by atoms with Gasteiger partial charge in [0.05, 0.1) is 0 Å². The fraction of sp³-hybridized carbons (Fsp3) is 1.00. The van der Waals surface area contributed by atoms with Crippen molar-refractivity contribution in [2.24, 2.45) is 0 Å². The zero-order valence-electron chi connectivity index (χ0n) is 6.74. The molecule has 0 aliphatic carbocycles. The van der Waals surface area contributed by atoms with Gasteiger partial charge in [-0.3, -0.25) is 0 Å². The molecule has 0 aliphatic heterocycles. The van der Waals surface area contributed by atoms with Gasteiger partial charge in [-0.05, 0) is 0 Å². The standard InChI is InChI=1S/C8H18.H2Se/c1-3-5-7-8-6-4-2;/h3-8H2,1-2H3;1H2. The molecule has 0 aromatic rings. The van der Waals surface area contributed by atoms with Crippen LogP contribution in [0.4, 0.5) is 0 Å². The van der Waals surface area contributed by atoms with E-state index in [4.69, 9.17) is 0 Å². The molecular formula is C8H20Se. The molecule has 0 nitrogen and oxygen atoms in total. The molecule has 0 fully saturated rings. The molecule has 0 amide bonds. The van der Waals surface area contributed by atoms with Crippen molar-refractivity contribution >= 4 is 17.1 Å². The van der Waals surface area contributed by atoms with Crippen molar-refractivity contribution in [3.63, 3.8) is 0 Å². The maximum absolute atomic E-state index is 2.26. The summed E-state index contributed by atoms with van der Waals surface area (Å²) in [6.07, 6.45) is 8.49. The Labute approximate surface area is 69.9 Å². The molecule has 0 aliphatic rings. The molecule has 0 spiro atoms. The van der Waals surface area contributed by atoms with E-state index >= 15 is 0 Å². The predicted octanol–water partition coefficient (Wildman–Crippen LogP) is 2.45. The quantitative estimate of drug-likeness (QED) is 0.467. The molecule has 0 rings (SSSR count). The zero-order valence-corrected chi connectivity index (χ0v) is 8.84. The average molecular weight is 195 g/mol. The van der Waals surface area contributed by atoms with Gasteiger partial charge in [0.1, 0.15) is 0 Å². The summed E-state index contributed by atoms with van der Waals surface area (Å²) in [5, 5.41) is 0. The summed E-state index contributed by atoms with van der Waals surface area (Å²) >= 11 is 0. The summed E-state index contributed by atoms with van der Waals surface area (Å²) < 4.78 is 0. The van der Waals surface area contributed by atoms with E-state index in [1.165, 1.54) is 38.5 Å². The predicted molar refractivity (Wildman–Crippen MR) is 47.6 cm³/mol. The second kappa shape index (κ2) is 11.3. The fourth-order valence-electron chi connectivity index (χ4n) is 0.854. The van der Waals surface area contributed by atoms with Gasteiger partial charge in [0, 0.05) is 0 Å². The second-order valence-corrected chi connectivity index (χ2v) is 2.41. The summed E-state index contributed by atoms with van der Waals surface area (Å²) in [4.78, 5) is 0. The van der Waals surface area contributed by atoms with E-state index in [0.29, 0.717) is 0 Å². The molecule has 0 atom stereocenters. The van der Waals surface area contributed by atoms with E-state index in [-0.39, 0.29) is 17.1 Å². The van der Waals surface area contributed by atoms with Crippen LogP contribution in [0.3, 0.4) is 0 Å². The van der Waals surface area contributed by atoms with Crippen molar-refractivity contribution in [1.82, 2.24) is 0 Å². The van der Waals surface area contributed by atoms with Crippen LogP contribution < -0.4 is 0 Å². The van der Waals surface area contributed by atoms with Gasteiger partial charge in [0.2, 0.25) is 0 Å². The topological polar surface area (TPSA) is 0 Å². The molecule has 58 valence electrons. The van der Waals surface area contributed by atoms with E-state index in [9.17, 15) is 0 Å². The third-order valence-electron chi connectivity index (χ3n) is 1.46. The number of unbranched alkanes of at least 4 members (excludes halogenated alkanes) is 5. The Morgan fingerprint density at radius 3 is 1.22 bits per heavy atom. The Hall–Kier alpha value is 0.519. The van der Waals surface area contributed by atoms with E-state index in [1.807, 2.05) is 0 Å². The van der Waals surface area contributed by atoms with Crippen LogP contribution in [0.2, 0.25) is 0 Å². The van der Waals surface area contributed by atoms with E-state index in [1.54, 1.807) is 0 Å². The number of hydrogen-bond acceptors (Lipinski definition) is 0. The first-order chi connectivity index (χ1) is 3.91. The fourth-order valence-corrected chi connectivity index (χ4v) is 0.854. The van der Waals surface area contributed by atoms with Crippen molar-refractivity contribution in [2.45, 2.75) is 52.4 Å². The summed E-state index contributed by atoms with van der Waals surface area (Å²) in [7, 11) is 0. The van der Waals surface area contributed by atoms with Crippen LogP contribution in [0.15, 0.2) is 0 Å². The first kappa shape index (κ1) is 12.2. The Morgan fingerprint density at radius 2 is 1.00 bits per heavy atom. The Morgan fingerprint density at radius 1 is 0.667 bits per heavy atom. The monoisotopic (exact) mass is 196 g/mol. The van der Waals surface area contributed by atoms with Gasteiger partial charge in [-0.25, -0.2) is 0 Å². The first-order valence-corrected chi connectivity index (χ1v) is 3.91. The van der Waals surface area contributed by atoms with Gasteiger partial charge in [0.25, 0.3) is 0 Å². The summed E-state index contributed by atoms with van der Waals surface area (Å²) in [5.41, 5.74) is 0. The number of hydrogen-bond donors (Lipinski definition) is 0. The van der Waals surface area contributed by atoms with Crippen LogP contribution in [-0.2, 0) is 0 Å². The molecule has 9 heavy (non-hydrogen) atoms. The van der Waals surface area contributed by atoms with Crippen LogP contribution >= 0.6 is 0 Å². The van der Waals surface area contributed by atoms with E-state index in [2.05, 4.69) is 13.8 Å². The van der Waals surface area contributed by atoms with Crippen molar-refractivity contribution < 1.29 is 0 Å². The van der Waals surface area contributed by atoms with Crippen molar-refractivity contribution in [3.8, 4) is 0 Å². The van der Waals surface area contributed by atoms with Gasteiger partial charge < -0.3 is 0 Å².